The van der Waals surface area contributed by atoms with Crippen molar-refractivity contribution in [3.63, 3.8) is 0 Å². The molecular formula is C10H11N3O4. The van der Waals surface area contributed by atoms with Gasteiger partial charge in [-0.15, -0.1) is 0 Å². The SMILES string of the molecule is COc1ccccc1C(=O)C(=O)NNC(N)=O. The Kier molecular flexibility index (Phi) is 4.04. The zero-order valence-corrected chi connectivity index (χ0v) is 9.02. The second kappa shape index (κ2) is 5.50. The largest absolute Gasteiger partial charge is 0.496 e. The Morgan fingerprint density at radius 1 is 1.18 bits per heavy atom. The molecule has 0 saturated carbocycles. The number of ether oxygens (including phenoxy) is 1. The molecule has 0 aliphatic heterocycles. The summed E-state index contributed by atoms with van der Waals surface area (Å²) in [6.45, 7) is 0. The highest BCUT2D eigenvalue weighted by Crippen LogP contribution is 2.17. The molecule has 0 saturated heterocycles. The standard InChI is InChI=1S/C10H11N3O4/c1-17-7-5-3-2-4-6(7)8(14)9(15)12-13-10(11)16/h2-5H,1H3,(H,12,15)(H3,11,13,16). The average molecular weight is 237 g/mol. The van der Waals surface area contributed by atoms with E-state index in [-0.39, 0.29) is 11.3 Å². The lowest BCUT2D eigenvalue weighted by Gasteiger charge is -2.07. The van der Waals surface area contributed by atoms with E-state index in [0.29, 0.717) is 0 Å². The maximum atomic E-state index is 11.7. The molecule has 7 heteroatoms. The number of rotatable bonds is 3. The maximum Gasteiger partial charge on any atom is 0.330 e. The van der Waals surface area contributed by atoms with Crippen LogP contribution in [0, 0.1) is 0 Å². The van der Waals surface area contributed by atoms with Crippen LogP contribution in [0.1, 0.15) is 10.4 Å². The number of hydrogen-bond donors (Lipinski definition) is 3. The van der Waals surface area contributed by atoms with Crippen molar-refractivity contribution in [1.29, 1.82) is 0 Å². The quantitative estimate of drug-likeness (QED) is 0.376. The van der Waals surface area contributed by atoms with Crippen LogP contribution in [0.5, 0.6) is 5.75 Å². The zero-order chi connectivity index (χ0) is 12.8. The molecule has 0 atom stereocenters. The third-order valence-corrected chi connectivity index (χ3v) is 1.86. The average Bonchev–Trinajstić information content (AvgIpc) is 2.34. The summed E-state index contributed by atoms with van der Waals surface area (Å²) < 4.78 is 4.93. The van der Waals surface area contributed by atoms with Crippen molar-refractivity contribution in [1.82, 2.24) is 10.9 Å². The topological polar surface area (TPSA) is 111 Å². The highest BCUT2D eigenvalue weighted by molar-refractivity contribution is 6.43. The van der Waals surface area contributed by atoms with Crippen LogP contribution in [-0.2, 0) is 4.79 Å². The molecule has 7 nitrogen and oxygen atoms in total. The molecule has 0 fully saturated rings. The molecule has 0 aliphatic rings. The molecular weight excluding hydrogens is 226 g/mol. The Balaban J connectivity index is 2.81. The Bertz CT molecular complexity index is 459. The first kappa shape index (κ1) is 12.5. The number of nitrogens with one attached hydrogen (secondary N) is 2. The number of carbonyl (C=O) groups excluding carboxylic acids is 3. The van der Waals surface area contributed by atoms with Crippen molar-refractivity contribution in [2.75, 3.05) is 7.11 Å². The fourth-order valence-corrected chi connectivity index (χ4v) is 1.13. The van der Waals surface area contributed by atoms with Gasteiger partial charge in [0.05, 0.1) is 12.7 Å². The van der Waals surface area contributed by atoms with Gasteiger partial charge in [0.2, 0.25) is 0 Å². The number of nitrogens with two attached hydrogens (primary N) is 1. The minimum Gasteiger partial charge on any atom is -0.496 e. The number of Topliss-reactive ketones (excluding diaryl/α,β-unsaturated/α-hetero) is 1. The van der Waals surface area contributed by atoms with Crippen molar-refractivity contribution in [2.24, 2.45) is 5.73 Å². The predicted molar refractivity (Wildman–Crippen MR) is 58.2 cm³/mol. The molecule has 17 heavy (non-hydrogen) atoms. The lowest BCUT2D eigenvalue weighted by atomic mass is 10.1. The Morgan fingerprint density at radius 3 is 2.41 bits per heavy atom. The van der Waals surface area contributed by atoms with Crippen LogP contribution in [0.3, 0.4) is 0 Å². The van der Waals surface area contributed by atoms with Gasteiger partial charge < -0.3 is 10.5 Å². The van der Waals surface area contributed by atoms with E-state index in [1.807, 2.05) is 10.9 Å². The molecule has 3 amide bonds. The summed E-state index contributed by atoms with van der Waals surface area (Å²) in [6, 6.07) is 5.26. The summed E-state index contributed by atoms with van der Waals surface area (Å²) >= 11 is 0. The van der Waals surface area contributed by atoms with Crippen LogP contribution in [-0.4, -0.2) is 24.8 Å². The van der Waals surface area contributed by atoms with E-state index in [1.165, 1.54) is 13.2 Å². The fraction of sp³-hybridized carbons (Fsp3) is 0.100. The van der Waals surface area contributed by atoms with E-state index in [4.69, 9.17) is 10.5 Å². The van der Waals surface area contributed by atoms with E-state index in [0.717, 1.165) is 0 Å². The first-order valence-corrected chi connectivity index (χ1v) is 4.59. The minimum atomic E-state index is -1.01. The molecule has 90 valence electrons. The third-order valence-electron chi connectivity index (χ3n) is 1.86. The normalized spacial score (nSPS) is 9.24. The first-order chi connectivity index (χ1) is 8.06. The number of urea groups is 1. The molecule has 1 rings (SSSR count). The van der Waals surface area contributed by atoms with Crippen LogP contribution < -0.4 is 21.3 Å². The van der Waals surface area contributed by atoms with E-state index < -0.39 is 17.7 Å². The van der Waals surface area contributed by atoms with Gasteiger partial charge in [-0.1, -0.05) is 12.1 Å². The first-order valence-electron chi connectivity index (χ1n) is 4.59. The second-order valence-corrected chi connectivity index (χ2v) is 2.97. The van der Waals surface area contributed by atoms with Gasteiger partial charge in [0.15, 0.2) is 0 Å². The lowest BCUT2D eigenvalue weighted by molar-refractivity contribution is -0.117. The van der Waals surface area contributed by atoms with Gasteiger partial charge in [0.1, 0.15) is 5.75 Å². The van der Waals surface area contributed by atoms with Gasteiger partial charge >= 0.3 is 11.9 Å². The summed E-state index contributed by atoms with van der Waals surface area (Å²) in [7, 11) is 1.38. The molecule has 0 radical (unpaired) electrons. The van der Waals surface area contributed by atoms with Crippen molar-refractivity contribution < 1.29 is 19.1 Å². The van der Waals surface area contributed by atoms with Gasteiger partial charge in [-0.2, -0.15) is 0 Å². The number of hydrogen-bond acceptors (Lipinski definition) is 4. The Morgan fingerprint density at radius 2 is 1.82 bits per heavy atom. The number of carbonyl (C=O) groups is 3. The van der Waals surface area contributed by atoms with E-state index in [2.05, 4.69) is 0 Å². The summed E-state index contributed by atoms with van der Waals surface area (Å²) in [5.41, 5.74) is 8.51. The number of methoxy groups -OCH3 is 1. The van der Waals surface area contributed by atoms with E-state index in [1.54, 1.807) is 18.2 Å². The predicted octanol–water partition coefficient (Wildman–Crippen LogP) is -0.423. The van der Waals surface area contributed by atoms with Crippen molar-refractivity contribution in [3.05, 3.63) is 29.8 Å². The van der Waals surface area contributed by atoms with E-state index >= 15 is 0 Å². The number of ketones is 1. The summed E-state index contributed by atoms with van der Waals surface area (Å²) in [4.78, 5) is 33.3. The molecule has 4 N–H and O–H groups in total. The highest BCUT2D eigenvalue weighted by Gasteiger charge is 2.19. The lowest BCUT2D eigenvalue weighted by Crippen LogP contribution is -2.47. The highest BCUT2D eigenvalue weighted by atomic mass is 16.5. The number of para-hydroxylation sites is 1. The van der Waals surface area contributed by atoms with Crippen molar-refractivity contribution in [3.8, 4) is 5.75 Å². The third kappa shape index (κ3) is 3.20. The van der Waals surface area contributed by atoms with Gasteiger partial charge in [-0.3, -0.25) is 15.0 Å². The van der Waals surface area contributed by atoms with Crippen molar-refractivity contribution in [2.45, 2.75) is 0 Å². The molecule has 1 aromatic rings. The molecule has 0 spiro atoms. The fourth-order valence-electron chi connectivity index (χ4n) is 1.13. The number of benzene rings is 1. The van der Waals surface area contributed by atoms with Crippen molar-refractivity contribution >= 4 is 17.7 Å². The molecule has 0 aliphatic carbocycles. The molecule has 1 aromatic carbocycles. The number of amides is 3. The van der Waals surface area contributed by atoms with Crippen LogP contribution >= 0.6 is 0 Å². The Labute approximate surface area is 96.9 Å². The summed E-state index contributed by atoms with van der Waals surface area (Å²) in [5, 5.41) is 0. The Hall–Kier alpha value is -2.57. The van der Waals surface area contributed by atoms with Crippen LogP contribution in [0.4, 0.5) is 4.79 Å². The molecule has 0 aromatic heterocycles. The smallest absolute Gasteiger partial charge is 0.330 e. The van der Waals surface area contributed by atoms with E-state index in [9.17, 15) is 14.4 Å². The minimum absolute atomic E-state index is 0.0961. The van der Waals surface area contributed by atoms with Crippen LogP contribution in [0.15, 0.2) is 24.3 Å². The molecule has 0 unspecified atom stereocenters. The van der Waals surface area contributed by atoms with Gasteiger partial charge in [-0.05, 0) is 12.1 Å². The molecule has 0 bridgehead atoms. The summed E-state index contributed by atoms with van der Waals surface area (Å²) in [5.74, 6) is -1.57. The van der Waals surface area contributed by atoms with Crippen LogP contribution in [0.25, 0.3) is 0 Å². The van der Waals surface area contributed by atoms with Gasteiger partial charge in [0, 0.05) is 0 Å². The van der Waals surface area contributed by atoms with Crippen LogP contribution in [0.2, 0.25) is 0 Å². The zero-order valence-electron chi connectivity index (χ0n) is 9.02. The maximum absolute atomic E-state index is 11.7. The monoisotopic (exact) mass is 237 g/mol. The number of primary amides is 1. The summed E-state index contributed by atoms with van der Waals surface area (Å²) in [6.07, 6.45) is 0. The second-order valence-electron chi connectivity index (χ2n) is 2.97. The van der Waals surface area contributed by atoms with Gasteiger partial charge in [-0.25, -0.2) is 10.2 Å². The molecule has 0 heterocycles. The van der Waals surface area contributed by atoms with Gasteiger partial charge in [0.25, 0.3) is 5.78 Å². The number of hydrazine groups is 1.